The second-order valence-electron chi connectivity index (χ2n) is 4.78. The SMILES string of the molecule is O=C1CCN(CC2(O)CCCCC2)C1. The van der Waals surface area contributed by atoms with Gasteiger partial charge in [0.05, 0.1) is 12.1 Å². The van der Waals surface area contributed by atoms with Crippen molar-refractivity contribution < 1.29 is 9.90 Å². The van der Waals surface area contributed by atoms with Crippen LogP contribution in [0.3, 0.4) is 0 Å². The molecule has 1 saturated carbocycles. The topological polar surface area (TPSA) is 40.5 Å². The van der Waals surface area contributed by atoms with Gasteiger partial charge < -0.3 is 5.11 Å². The monoisotopic (exact) mass is 197 g/mol. The molecule has 1 heterocycles. The van der Waals surface area contributed by atoms with Crippen LogP contribution < -0.4 is 0 Å². The third-order valence-corrected chi connectivity index (χ3v) is 3.41. The number of aliphatic hydroxyl groups is 1. The summed E-state index contributed by atoms with van der Waals surface area (Å²) in [6.07, 6.45) is 6.03. The van der Waals surface area contributed by atoms with Crippen LogP contribution in [0.1, 0.15) is 38.5 Å². The van der Waals surface area contributed by atoms with Gasteiger partial charge >= 0.3 is 0 Å². The zero-order valence-electron chi connectivity index (χ0n) is 8.67. The Labute approximate surface area is 85.1 Å². The summed E-state index contributed by atoms with van der Waals surface area (Å²) in [7, 11) is 0. The number of likely N-dealkylation sites (tertiary alicyclic amines) is 1. The third-order valence-electron chi connectivity index (χ3n) is 3.41. The molecular weight excluding hydrogens is 178 g/mol. The number of carbonyl (C=O) groups is 1. The highest BCUT2D eigenvalue weighted by Crippen LogP contribution is 2.29. The fraction of sp³-hybridized carbons (Fsp3) is 0.909. The quantitative estimate of drug-likeness (QED) is 0.716. The normalized spacial score (nSPS) is 28.2. The second-order valence-corrected chi connectivity index (χ2v) is 4.78. The first-order chi connectivity index (χ1) is 6.68. The van der Waals surface area contributed by atoms with Crippen molar-refractivity contribution in [3.05, 3.63) is 0 Å². The molecule has 0 atom stereocenters. The van der Waals surface area contributed by atoms with E-state index >= 15 is 0 Å². The molecule has 2 aliphatic rings. The van der Waals surface area contributed by atoms with Crippen molar-refractivity contribution >= 4 is 5.78 Å². The number of β-amino-alcohol motifs (C(OH)–C–C–N with tert-alkyl or cyclic N) is 1. The molecule has 1 N–H and O–H groups in total. The van der Waals surface area contributed by atoms with Crippen LogP contribution in [0.4, 0.5) is 0 Å². The van der Waals surface area contributed by atoms with E-state index in [1.807, 2.05) is 0 Å². The first kappa shape index (κ1) is 10.1. The van der Waals surface area contributed by atoms with Gasteiger partial charge in [-0.2, -0.15) is 0 Å². The minimum absolute atomic E-state index is 0.324. The van der Waals surface area contributed by atoms with Gasteiger partial charge in [0.15, 0.2) is 0 Å². The molecule has 1 aliphatic carbocycles. The van der Waals surface area contributed by atoms with E-state index in [9.17, 15) is 9.90 Å². The van der Waals surface area contributed by atoms with E-state index in [0.29, 0.717) is 25.3 Å². The van der Waals surface area contributed by atoms with Crippen LogP contribution in [-0.2, 0) is 4.79 Å². The number of nitrogens with zero attached hydrogens (tertiary/aromatic N) is 1. The van der Waals surface area contributed by atoms with E-state index in [2.05, 4.69) is 4.90 Å². The Morgan fingerprint density at radius 2 is 2.00 bits per heavy atom. The summed E-state index contributed by atoms with van der Waals surface area (Å²) in [5, 5.41) is 10.3. The number of ketones is 1. The number of carbonyl (C=O) groups excluding carboxylic acids is 1. The lowest BCUT2D eigenvalue weighted by Crippen LogP contribution is -2.43. The molecule has 3 heteroatoms. The van der Waals surface area contributed by atoms with E-state index in [0.717, 1.165) is 32.2 Å². The predicted molar refractivity (Wildman–Crippen MR) is 54.1 cm³/mol. The van der Waals surface area contributed by atoms with Gasteiger partial charge in [0, 0.05) is 19.5 Å². The van der Waals surface area contributed by atoms with E-state index in [4.69, 9.17) is 0 Å². The maximum Gasteiger partial charge on any atom is 0.148 e. The molecule has 0 amide bonds. The molecule has 2 rings (SSSR count). The van der Waals surface area contributed by atoms with Crippen LogP contribution in [0.5, 0.6) is 0 Å². The first-order valence-corrected chi connectivity index (χ1v) is 5.64. The van der Waals surface area contributed by atoms with Gasteiger partial charge in [-0.15, -0.1) is 0 Å². The number of Topliss-reactive ketones (excluding diaryl/α,β-unsaturated/α-hetero) is 1. The Morgan fingerprint density at radius 1 is 1.29 bits per heavy atom. The summed E-state index contributed by atoms with van der Waals surface area (Å²) in [5.74, 6) is 0.324. The highest BCUT2D eigenvalue weighted by Gasteiger charge is 2.33. The lowest BCUT2D eigenvalue weighted by molar-refractivity contribution is -0.117. The summed E-state index contributed by atoms with van der Waals surface area (Å²) in [4.78, 5) is 13.2. The van der Waals surface area contributed by atoms with Gasteiger partial charge in [0.25, 0.3) is 0 Å². The van der Waals surface area contributed by atoms with Crippen molar-refractivity contribution in [1.29, 1.82) is 0 Å². The first-order valence-electron chi connectivity index (χ1n) is 5.64. The molecule has 1 saturated heterocycles. The Kier molecular flexibility index (Phi) is 2.88. The zero-order chi connectivity index (χ0) is 10.0. The second kappa shape index (κ2) is 3.99. The fourth-order valence-electron chi connectivity index (χ4n) is 2.61. The van der Waals surface area contributed by atoms with Crippen LogP contribution >= 0.6 is 0 Å². The van der Waals surface area contributed by atoms with E-state index in [-0.39, 0.29) is 0 Å². The molecule has 80 valence electrons. The standard InChI is InChI=1S/C11H19NO2/c13-10-4-7-12(8-10)9-11(14)5-2-1-3-6-11/h14H,1-9H2. The number of hydrogen-bond acceptors (Lipinski definition) is 3. The summed E-state index contributed by atoms with van der Waals surface area (Å²) < 4.78 is 0. The minimum atomic E-state index is -0.497. The molecule has 0 unspecified atom stereocenters. The molecule has 0 aromatic heterocycles. The van der Waals surface area contributed by atoms with E-state index in [1.165, 1.54) is 6.42 Å². The summed E-state index contributed by atoms with van der Waals surface area (Å²) in [5.41, 5.74) is -0.497. The largest absolute Gasteiger partial charge is 0.389 e. The van der Waals surface area contributed by atoms with Gasteiger partial charge in [0.1, 0.15) is 5.78 Å². The fourth-order valence-corrected chi connectivity index (χ4v) is 2.61. The molecular formula is C11H19NO2. The molecule has 1 aliphatic heterocycles. The summed E-state index contributed by atoms with van der Waals surface area (Å²) >= 11 is 0. The zero-order valence-corrected chi connectivity index (χ0v) is 8.67. The maximum atomic E-state index is 11.1. The highest BCUT2D eigenvalue weighted by molar-refractivity contribution is 5.82. The number of hydrogen-bond donors (Lipinski definition) is 1. The lowest BCUT2D eigenvalue weighted by Gasteiger charge is -2.35. The van der Waals surface area contributed by atoms with E-state index < -0.39 is 5.60 Å². The van der Waals surface area contributed by atoms with Gasteiger partial charge in [-0.3, -0.25) is 9.69 Å². The van der Waals surface area contributed by atoms with Crippen molar-refractivity contribution in [3.63, 3.8) is 0 Å². The summed E-state index contributed by atoms with van der Waals surface area (Å²) in [6, 6.07) is 0. The average molecular weight is 197 g/mol. The van der Waals surface area contributed by atoms with Crippen molar-refractivity contribution in [2.45, 2.75) is 44.1 Å². The maximum absolute atomic E-state index is 11.1. The average Bonchev–Trinajstić information content (AvgIpc) is 2.51. The Bertz CT molecular complexity index is 221. The lowest BCUT2D eigenvalue weighted by atomic mass is 9.84. The Hall–Kier alpha value is -0.410. The van der Waals surface area contributed by atoms with Crippen LogP contribution in [-0.4, -0.2) is 41.0 Å². The van der Waals surface area contributed by atoms with Crippen molar-refractivity contribution in [3.8, 4) is 0 Å². The van der Waals surface area contributed by atoms with Gasteiger partial charge in [-0.1, -0.05) is 19.3 Å². The molecule has 0 radical (unpaired) electrons. The van der Waals surface area contributed by atoms with Crippen molar-refractivity contribution in [1.82, 2.24) is 4.90 Å². The molecule has 14 heavy (non-hydrogen) atoms. The Balaban J connectivity index is 1.86. The summed E-state index contributed by atoms with van der Waals surface area (Å²) in [6.45, 7) is 2.11. The smallest absolute Gasteiger partial charge is 0.148 e. The predicted octanol–water partition coefficient (Wildman–Crippen LogP) is 0.956. The molecule has 0 aromatic rings. The van der Waals surface area contributed by atoms with Crippen LogP contribution in [0.15, 0.2) is 0 Å². The van der Waals surface area contributed by atoms with E-state index in [1.54, 1.807) is 0 Å². The van der Waals surface area contributed by atoms with Gasteiger partial charge in [0.2, 0.25) is 0 Å². The Morgan fingerprint density at radius 3 is 2.57 bits per heavy atom. The third kappa shape index (κ3) is 2.34. The molecule has 2 fully saturated rings. The molecule has 0 aromatic carbocycles. The van der Waals surface area contributed by atoms with Crippen LogP contribution in [0.25, 0.3) is 0 Å². The molecule has 0 bridgehead atoms. The number of rotatable bonds is 2. The molecule has 0 spiro atoms. The molecule has 3 nitrogen and oxygen atoms in total. The van der Waals surface area contributed by atoms with Crippen LogP contribution in [0.2, 0.25) is 0 Å². The highest BCUT2D eigenvalue weighted by atomic mass is 16.3. The van der Waals surface area contributed by atoms with Crippen LogP contribution in [0, 0.1) is 0 Å². The minimum Gasteiger partial charge on any atom is -0.389 e. The van der Waals surface area contributed by atoms with Gasteiger partial charge in [-0.05, 0) is 12.8 Å². The van der Waals surface area contributed by atoms with Gasteiger partial charge in [-0.25, -0.2) is 0 Å². The van der Waals surface area contributed by atoms with Crippen molar-refractivity contribution in [2.24, 2.45) is 0 Å². The van der Waals surface area contributed by atoms with Crippen molar-refractivity contribution in [2.75, 3.05) is 19.6 Å².